The van der Waals surface area contributed by atoms with Crippen molar-refractivity contribution in [1.82, 2.24) is 4.98 Å². The topological polar surface area (TPSA) is 80.5 Å². The first-order chi connectivity index (χ1) is 10.2. The fourth-order valence-electron chi connectivity index (χ4n) is 2.31. The minimum absolute atomic E-state index is 0.0604. The molecule has 1 aliphatic rings. The van der Waals surface area contributed by atoms with Gasteiger partial charge in [-0.2, -0.15) is 0 Å². The van der Waals surface area contributed by atoms with E-state index in [1.54, 1.807) is 24.1 Å². The molecule has 3 rings (SSSR count). The van der Waals surface area contributed by atoms with Crippen molar-refractivity contribution < 1.29 is 9.53 Å². The van der Waals surface area contributed by atoms with Crippen molar-refractivity contribution in [2.75, 3.05) is 10.3 Å². The summed E-state index contributed by atoms with van der Waals surface area (Å²) >= 11 is 0. The van der Waals surface area contributed by atoms with E-state index in [0.717, 1.165) is 17.0 Å². The van der Waals surface area contributed by atoms with E-state index >= 15 is 0 Å². The van der Waals surface area contributed by atoms with Gasteiger partial charge in [0.05, 0.1) is 12.2 Å². The Morgan fingerprint density at radius 3 is 2.86 bits per heavy atom. The van der Waals surface area contributed by atoms with Gasteiger partial charge in [-0.1, -0.05) is 18.2 Å². The van der Waals surface area contributed by atoms with Gasteiger partial charge in [-0.25, -0.2) is 10.8 Å². The predicted molar refractivity (Wildman–Crippen MR) is 79.8 cm³/mol. The molecule has 1 aromatic carbocycles. The standard InChI is InChI=1S/C15H16N4O2/c1-10-15(20)19(12-4-2-3-5-13(12)21-10)9-11-6-7-14(18-16)17-8-11/h2-8,10H,9,16H2,1H3,(H,17,18). The van der Waals surface area contributed by atoms with E-state index in [1.807, 2.05) is 30.3 Å². The molecule has 0 saturated carbocycles. The highest BCUT2D eigenvalue weighted by Gasteiger charge is 2.31. The number of nitrogens with zero attached hydrogens (tertiary/aromatic N) is 2. The lowest BCUT2D eigenvalue weighted by Gasteiger charge is -2.33. The Morgan fingerprint density at radius 2 is 2.14 bits per heavy atom. The Kier molecular flexibility index (Phi) is 3.45. The predicted octanol–water partition coefficient (Wildman–Crippen LogP) is 1.68. The highest BCUT2D eigenvalue weighted by atomic mass is 16.5. The lowest BCUT2D eigenvalue weighted by molar-refractivity contribution is -0.125. The van der Waals surface area contributed by atoms with Crippen LogP contribution in [-0.2, 0) is 11.3 Å². The number of hydrazine groups is 1. The number of anilines is 2. The zero-order valence-electron chi connectivity index (χ0n) is 11.6. The Labute approximate surface area is 122 Å². The zero-order chi connectivity index (χ0) is 14.8. The zero-order valence-corrected chi connectivity index (χ0v) is 11.6. The molecule has 0 spiro atoms. The molecule has 1 aromatic heterocycles. The lowest BCUT2D eigenvalue weighted by Crippen LogP contribution is -2.43. The van der Waals surface area contributed by atoms with E-state index in [4.69, 9.17) is 10.6 Å². The van der Waals surface area contributed by atoms with Crippen LogP contribution in [-0.4, -0.2) is 17.0 Å². The smallest absolute Gasteiger partial charge is 0.268 e. The van der Waals surface area contributed by atoms with Crippen molar-refractivity contribution in [3.8, 4) is 5.75 Å². The van der Waals surface area contributed by atoms with Crippen LogP contribution in [0.5, 0.6) is 5.75 Å². The molecule has 0 bridgehead atoms. The number of fused-ring (bicyclic) bond motifs is 1. The quantitative estimate of drug-likeness (QED) is 0.662. The number of nitrogens with one attached hydrogen (secondary N) is 1. The fraction of sp³-hybridized carbons (Fsp3) is 0.200. The molecule has 0 saturated heterocycles. The number of rotatable bonds is 3. The van der Waals surface area contributed by atoms with Crippen molar-refractivity contribution in [2.45, 2.75) is 19.6 Å². The van der Waals surface area contributed by atoms with E-state index in [1.165, 1.54) is 0 Å². The van der Waals surface area contributed by atoms with E-state index < -0.39 is 6.10 Å². The number of ether oxygens (including phenoxy) is 1. The first-order valence-corrected chi connectivity index (χ1v) is 6.67. The third kappa shape index (κ3) is 2.53. The third-order valence-corrected chi connectivity index (χ3v) is 3.39. The molecule has 2 heterocycles. The van der Waals surface area contributed by atoms with Crippen molar-refractivity contribution >= 4 is 17.4 Å². The number of hydrogen-bond acceptors (Lipinski definition) is 5. The van der Waals surface area contributed by atoms with Crippen LogP contribution in [0.2, 0.25) is 0 Å². The van der Waals surface area contributed by atoms with Crippen LogP contribution in [0.4, 0.5) is 11.5 Å². The van der Waals surface area contributed by atoms with E-state index in [-0.39, 0.29) is 5.91 Å². The second kappa shape index (κ2) is 5.41. The summed E-state index contributed by atoms with van der Waals surface area (Å²) in [7, 11) is 0. The molecule has 2 aromatic rings. The van der Waals surface area contributed by atoms with E-state index in [9.17, 15) is 4.79 Å². The maximum atomic E-state index is 12.4. The number of carbonyl (C=O) groups excluding carboxylic acids is 1. The summed E-state index contributed by atoms with van der Waals surface area (Å²) in [6.07, 6.45) is 1.21. The highest BCUT2D eigenvalue weighted by Crippen LogP contribution is 2.34. The fourth-order valence-corrected chi connectivity index (χ4v) is 2.31. The molecule has 6 nitrogen and oxygen atoms in total. The number of aromatic nitrogens is 1. The number of carbonyl (C=O) groups is 1. The second-order valence-corrected chi connectivity index (χ2v) is 4.85. The molecule has 21 heavy (non-hydrogen) atoms. The van der Waals surface area contributed by atoms with Crippen molar-refractivity contribution in [2.24, 2.45) is 5.84 Å². The van der Waals surface area contributed by atoms with Gasteiger partial charge in [0.2, 0.25) is 0 Å². The third-order valence-electron chi connectivity index (χ3n) is 3.39. The molecule has 108 valence electrons. The summed E-state index contributed by atoms with van der Waals surface area (Å²) in [4.78, 5) is 18.2. The summed E-state index contributed by atoms with van der Waals surface area (Å²) in [5, 5.41) is 0. The van der Waals surface area contributed by atoms with Gasteiger partial charge in [0.25, 0.3) is 5.91 Å². The van der Waals surface area contributed by atoms with Gasteiger partial charge in [0.15, 0.2) is 6.10 Å². The van der Waals surface area contributed by atoms with Crippen molar-refractivity contribution in [1.29, 1.82) is 0 Å². The summed E-state index contributed by atoms with van der Waals surface area (Å²) in [5.41, 5.74) is 4.18. The van der Waals surface area contributed by atoms with Gasteiger partial charge in [0, 0.05) is 6.20 Å². The lowest BCUT2D eigenvalue weighted by atomic mass is 10.1. The van der Waals surface area contributed by atoms with Gasteiger partial charge in [-0.15, -0.1) is 0 Å². The number of nitrogens with two attached hydrogens (primary N) is 1. The average molecular weight is 284 g/mol. The summed E-state index contributed by atoms with van der Waals surface area (Å²) < 4.78 is 5.62. The van der Waals surface area contributed by atoms with Crippen LogP contribution in [0.1, 0.15) is 12.5 Å². The molecular formula is C15H16N4O2. The Balaban J connectivity index is 1.90. The molecule has 1 amide bonds. The van der Waals surface area contributed by atoms with Crippen LogP contribution in [0.3, 0.4) is 0 Å². The normalized spacial score (nSPS) is 17.1. The summed E-state index contributed by atoms with van der Waals surface area (Å²) in [6.45, 7) is 2.20. The van der Waals surface area contributed by atoms with Gasteiger partial charge in [-0.05, 0) is 30.7 Å². The summed E-state index contributed by atoms with van der Waals surface area (Å²) in [5.74, 6) is 6.54. The molecule has 0 aliphatic carbocycles. The van der Waals surface area contributed by atoms with Gasteiger partial charge in [0.1, 0.15) is 11.6 Å². The number of nitrogen functional groups attached to an aromatic ring is 1. The van der Waals surface area contributed by atoms with Crippen molar-refractivity contribution in [3.05, 3.63) is 48.2 Å². The van der Waals surface area contributed by atoms with Crippen LogP contribution < -0.4 is 20.9 Å². The Bertz CT molecular complexity index is 657. The van der Waals surface area contributed by atoms with Crippen LogP contribution >= 0.6 is 0 Å². The number of para-hydroxylation sites is 2. The minimum atomic E-state index is -0.488. The first kappa shape index (κ1) is 13.4. The van der Waals surface area contributed by atoms with Gasteiger partial charge in [-0.3, -0.25) is 4.79 Å². The molecule has 3 N–H and O–H groups in total. The monoisotopic (exact) mass is 284 g/mol. The molecule has 0 radical (unpaired) electrons. The number of amides is 1. The van der Waals surface area contributed by atoms with Gasteiger partial charge >= 0.3 is 0 Å². The van der Waals surface area contributed by atoms with E-state index in [2.05, 4.69) is 10.4 Å². The molecule has 1 aliphatic heterocycles. The van der Waals surface area contributed by atoms with E-state index in [0.29, 0.717) is 12.4 Å². The Hall–Kier alpha value is -2.60. The first-order valence-electron chi connectivity index (χ1n) is 6.67. The molecular weight excluding hydrogens is 268 g/mol. The highest BCUT2D eigenvalue weighted by molar-refractivity contribution is 5.99. The van der Waals surface area contributed by atoms with Crippen LogP contribution in [0, 0.1) is 0 Å². The number of pyridine rings is 1. The van der Waals surface area contributed by atoms with Crippen molar-refractivity contribution in [3.63, 3.8) is 0 Å². The Morgan fingerprint density at radius 1 is 1.33 bits per heavy atom. The second-order valence-electron chi connectivity index (χ2n) is 4.85. The maximum Gasteiger partial charge on any atom is 0.268 e. The molecule has 1 atom stereocenters. The maximum absolute atomic E-state index is 12.4. The SMILES string of the molecule is CC1Oc2ccccc2N(Cc2ccc(NN)nc2)C1=O. The molecule has 6 heteroatoms. The van der Waals surface area contributed by atoms with Crippen LogP contribution in [0.15, 0.2) is 42.6 Å². The summed E-state index contributed by atoms with van der Waals surface area (Å²) in [6, 6.07) is 11.2. The van der Waals surface area contributed by atoms with Gasteiger partial charge < -0.3 is 15.1 Å². The minimum Gasteiger partial charge on any atom is -0.479 e. The largest absolute Gasteiger partial charge is 0.479 e. The molecule has 0 fully saturated rings. The molecule has 1 unspecified atom stereocenters. The number of benzene rings is 1. The average Bonchev–Trinajstić information content (AvgIpc) is 2.52. The van der Waals surface area contributed by atoms with Crippen LogP contribution in [0.25, 0.3) is 0 Å². The number of hydrogen-bond donors (Lipinski definition) is 2.